The smallest absolute Gasteiger partial charge is 0.398 e. The Morgan fingerprint density at radius 2 is 1.64 bits per heavy atom. The SMILES string of the molecule is Cc1ccc(C2CCC2=C(F)B2OC(C)(C)C(C)(C)O2)cc1. The zero-order valence-corrected chi connectivity index (χ0v) is 14.1. The summed E-state index contributed by atoms with van der Waals surface area (Å²) in [5.41, 5.74) is 2.01. The minimum atomic E-state index is -0.867. The predicted octanol–water partition coefficient (Wildman–Crippen LogP) is 4.73. The van der Waals surface area contributed by atoms with Gasteiger partial charge in [-0.05, 0) is 58.6 Å². The van der Waals surface area contributed by atoms with Crippen molar-refractivity contribution in [2.24, 2.45) is 0 Å². The van der Waals surface area contributed by atoms with Crippen LogP contribution in [0.4, 0.5) is 4.39 Å². The molecule has 0 N–H and O–H groups in total. The number of hydrogen-bond acceptors (Lipinski definition) is 2. The van der Waals surface area contributed by atoms with Gasteiger partial charge >= 0.3 is 7.12 Å². The molecule has 1 atom stereocenters. The summed E-state index contributed by atoms with van der Waals surface area (Å²) < 4.78 is 26.5. The van der Waals surface area contributed by atoms with Gasteiger partial charge in [-0.1, -0.05) is 29.8 Å². The van der Waals surface area contributed by atoms with Crippen LogP contribution >= 0.6 is 0 Å². The Bertz CT molecular complexity index is 588. The molecule has 22 heavy (non-hydrogen) atoms. The first-order chi connectivity index (χ1) is 10.2. The van der Waals surface area contributed by atoms with Gasteiger partial charge in [0.1, 0.15) is 5.73 Å². The highest BCUT2D eigenvalue weighted by molar-refractivity contribution is 6.54. The highest BCUT2D eigenvalue weighted by Gasteiger charge is 2.54. The summed E-state index contributed by atoms with van der Waals surface area (Å²) >= 11 is 0. The van der Waals surface area contributed by atoms with Gasteiger partial charge in [-0.15, -0.1) is 0 Å². The Hall–Kier alpha value is -1.13. The maximum absolute atomic E-state index is 14.9. The van der Waals surface area contributed by atoms with Crippen molar-refractivity contribution in [1.29, 1.82) is 0 Å². The first kappa shape index (κ1) is 15.8. The largest absolute Gasteiger partial charge is 0.525 e. The number of halogens is 1. The zero-order chi connectivity index (χ0) is 16.1. The van der Waals surface area contributed by atoms with Crippen molar-refractivity contribution < 1.29 is 13.7 Å². The number of aryl methyl sites for hydroxylation is 1. The fourth-order valence-corrected chi connectivity index (χ4v) is 2.98. The van der Waals surface area contributed by atoms with E-state index < -0.39 is 18.3 Å². The molecule has 1 aromatic rings. The van der Waals surface area contributed by atoms with Crippen LogP contribution in [0.5, 0.6) is 0 Å². The summed E-state index contributed by atoms with van der Waals surface area (Å²) in [5, 5.41) is 0. The molecule has 3 rings (SSSR count). The molecule has 4 heteroatoms. The lowest BCUT2D eigenvalue weighted by atomic mass is 9.69. The number of benzene rings is 1. The standard InChI is InChI=1S/C18H24BFO2/c1-12-6-8-13(9-7-12)14-10-11-15(14)16(20)19-21-17(2,3)18(4,5)22-19/h6-9,14H,10-11H2,1-5H3. The number of rotatable bonds is 2. The second kappa shape index (κ2) is 5.21. The van der Waals surface area contributed by atoms with E-state index in [2.05, 4.69) is 31.2 Å². The highest BCUT2D eigenvalue weighted by atomic mass is 19.1. The molecule has 0 radical (unpaired) electrons. The minimum absolute atomic E-state index is 0.166. The Kier molecular flexibility index (Phi) is 3.73. The van der Waals surface area contributed by atoms with Crippen molar-refractivity contribution in [3.63, 3.8) is 0 Å². The van der Waals surface area contributed by atoms with Crippen molar-refractivity contribution in [2.45, 2.75) is 64.6 Å². The topological polar surface area (TPSA) is 18.5 Å². The summed E-state index contributed by atoms with van der Waals surface area (Å²) in [6.45, 7) is 9.85. The lowest BCUT2D eigenvalue weighted by Crippen LogP contribution is -2.41. The predicted molar refractivity (Wildman–Crippen MR) is 87.4 cm³/mol. The fraction of sp³-hybridized carbons (Fsp3) is 0.556. The third-order valence-electron chi connectivity index (χ3n) is 5.37. The summed E-state index contributed by atoms with van der Waals surface area (Å²) in [5.74, 6) is 0.166. The molecular weight excluding hydrogens is 278 g/mol. The Morgan fingerprint density at radius 1 is 1.09 bits per heavy atom. The van der Waals surface area contributed by atoms with Gasteiger partial charge in [-0.25, -0.2) is 4.39 Å². The number of hydrogen-bond donors (Lipinski definition) is 0. The van der Waals surface area contributed by atoms with Gasteiger partial charge in [-0.3, -0.25) is 0 Å². The van der Waals surface area contributed by atoms with Crippen LogP contribution in [-0.4, -0.2) is 18.3 Å². The molecule has 1 heterocycles. The van der Waals surface area contributed by atoms with Gasteiger partial charge in [0.15, 0.2) is 0 Å². The van der Waals surface area contributed by atoms with Crippen LogP contribution in [-0.2, 0) is 9.31 Å². The molecule has 0 amide bonds. The molecule has 1 aliphatic carbocycles. The molecule has 118 valence electrons. The van der Waals surface area contributed by atoms with Gasteiger partial charge in [0.2, 0.25) is 0 Å². The average molecular weight is 302 g/mol. The Labute approximate surface area is 132 Å². The maximum atomic E-state index is 14.9. The first-order valence-electron chi connectivity index (χ1n) is 8.02. The van der Waals surface area contributed by atoms with E-state index in [9.17, 15) is 4.39 Å². The quantitative estimate of drug-likeness (QED) is 0.735. The van der Waals surface area contributed by atoms with E-state index in [-0.39, 0.29) is 11.6 Å². The van der Waals surface area contributed by atoms with Gasteiger partial charge in [0.25, 0.3) is 0 Å². The summed E-state index contributed by atoms with van der Waals surface area (Å²) in [6, 6.07) is 8.35. The van der Waals surface area contributed by atoms with Crippen LogP contribution < -0.4 is 0 Å². The van der Waals surface area contributed by atoms with E-state index in [1.54, 1.807) is 0 Å². The van der Waals surface area contributed by atoms with E-state index in [4.69, 9.17) is 9.31 Å². The first-order valence-corrected chi connectivity index (χ1v) is 8.02. The average Bonchev–Trinajstić information content (AvgIpc) is 2.60. The molecule has 1 saturated carbocycles. The highest BCUT2D eigenvalue weighted by Crippen LogP contribution is 2.47. The van der Waals surface area contributed by atoms with Crippen LogP contribution in [0, 0.1) is 6.92 Å². The molecule has 0 bridgehead atoms. The molecule has 2 nitrogen and oxygen atoms in total. The van der Waals surface area contributed by atoms with Crippen molar-refractivity contribution in [1.82, 2.24) is 0 Å². The van der Waals surface area contributed by atoms with Gasteiger partial charge in [0, 0.05) is 5.92 Å². The van der Waals surface area contributed by atoms with Crippen molar-refractivity contribution in [2.75, 3.05) is 0 Å². The Morgan fingerprint density at radius 3 is 2.09 bits per heavy atom. The molecular formula is C18H24BFO2. The summed E-state index contributed by atoms with van der Waals surface area (Å²) in [4.78, 5) is 0. The van der Waals surface area contributed by atoms with Crippen LogP contribution in [0.25, 0.3) is 0 Å². The van der Waals surface area contributed by atoms with Gasteiger partial charge < -0.3 is 9.31 Å². The Balaban J connectivity index is 1.83. The van der Waals surface area contributed by atoms with Gasteiger partial charge in [-0.2, -0.15) is 0 Å². The van der Waals surface area contributed by atoms with Crippen LogP contribution in [0.3, 0.4) is 0 Å². The van der Waals surface area contributed by atoms with Crippen molar-refractivity contribution >= 4 is 7.12 Å². The normalized spacial score (nSPS) is 28.5. The third kappa shape index (κ3) is 2.52. The van der Waals surface area contributed by atoms with E-state index in [1.807, 2.05) is 27.7 Å². The lowest BCUT2D eigenvalue weighted by Gasteiger charge is -2.32. The molecule has 1 saturated heterocycles. The summed E-state index contributed by atoms with van der Waals surface area (Å²) in [6.07, 6.45) is 1.78. The van der Waals surface area contributed by atoms with E-state index in [0.717, 1.165) is 18.4 Å². The van der Waals surface area contributed by atoms with Gasteiger partial charge in [0.05, 0.1) is 11.2 Å². The van der Waals surface area contributed by atoms with Crippen LogP contribution in [0.2, 0.25) is 0 Å². The second-order valence-electron chi connectivity index (χ2n) is 7.46. The molecule has 1 aromatic carbocycles. The zero-order valence-electron chi connectivity index (χ0n) is 14.1. The van der Waals surface area contributed by atoms with Crippen LogP contribution in [0.15, 0.2) is 35.6 Å². The molecule has 2 fully saturated rings. The minimum Gasteiger partial charge on any atom is -0.398 e. The monoisotopic (exact) mass is 302 g/mol. The fourth-order valence-electron chi connectivity index (χ4n) is 2.98. The molecule has 0 aromatic heterocycles. The number of allylic oxidation sites excluding steroid dienone is 1. The van der Waals surface area contributed by atoms with E-state index in [1.165, 1.54) is 11.1 Å². The van der Waals surface area contributed by atoms with Crippen molar-refractivity contribution in [3.05, 3.63) is 46.7 Å². The molecule has 1 aliphatic heterocycles. The lowest BCUT2D eigenvalue weighted by molar-refractivity contribution is 0.00578. The molecule has 0 spiro atoms. The van der Waals surface area contributed by atoms with Crippen molar-refractivity contribution in [3.8, 4) is 0 Å². The third-order valence-corrected chi connectivity index (χ3v) is 5.37. The summed E-state index contributed by atoms with van der Waals surface area (Å²) in [7, 11) is -0.867. The van der Waals surface area contributed by atoms with E-state index in [0.29, 0.717) is 0 Å². The van der Waals surface area contributed by atoms with E-state index >= 15 is 0 Å². The molecule has 2 aliphatic rings. The molecule has 1 unspecified atom stereocenters. The second-order valence-corrected chi connectivity index (χ2v) is 7.46. The maximum Gasteiger partial charge on any atom is 0.525 e. The van der Waals surface area contributed by atoms with Crippen LogP contribution in [0.1, 0.15) is 57.6 Å².